The molecule has 0 bridgehead atoms. The van der Waals surface area contributed by atoms with Crippen LogP contribution in [-0.2, 0) is 11.3 Å². The standard InChI is InChI=1S/C17H22N4O/c1-13-7-6-10-20(11-13)16(22)12-21-17(18-14(2)19-21)15-8-4-3-5-9-15/h3-5,8-9,13H,6-7,10-12H2,1-2H3. The zero-order valence-corrected chi connectivity index (χ0v) is 13.2. The highest BCUT2D eigenvalue weighted by Crippen LogP contribution is 2.19. The van der Waals surface area contributed by atoms with Gasteiger partial charge in [0.05, 0.1) is 0 Å². The molecule has 22 heavy (non-hydrogen) atoms. The van der Waals surface area contributed by atoms with Gasteiger partial charge in [0.25, 0.3) is 0 Å². The van der Waals surface area contributed by atoms with Gasteiger partial charge in [0.15, 0.2) is 5.82 Å². The second kappa shape index (κ2) is 6.30. The number of nitrogens with zero attached hydrogens (tertiary/aromatic N) is 4. The van der Waals surface area contributed by atoms with E-state index in [1.54, 1.807) is 4.68 Å². The lowest BCUT2D eigenvalue weighted by Crippen LogP contribution is -2.41. The Morgan fingerprint density at radius 2 is 2.09 bits per heavy atom. The molecular formula is C17H22N4O. The third-order valence-corrected chi connectivity index (χ3v) is 4.10. The number of rotatable bonds is 3. The third-order valence-electron chi connectivity index (χ3n) is 4.10. The summed E-state index contributed by atoms with van der Waals surface area (Å²) in [5, 5.41) is 4.40. The van der Waals surface area contributed by atoms with Crippen molar-refractivity contribution in [3.05, 3.63) is 36.2 Å². The number of carbonyl (C=O) groups excluding carboxylic acids is 1. The average molecular weight is 298 g/mol. The van der Waals surface area contributed by atoms with Crippen LogP contribution in [-0.4, -0.2) is 38.7 Å². The van der Waals surface area contributed by atoms with E-state index in [-0.39, 0.29) is 12.5 Å². The van der Waals surface area contributed by atoms with E-state index < -0.39 is 0 Å². The molecule has 1 aromatic heterocycles. The van der Waals surface area contributed by atoms with Gasteiger partial charge in [-0.15, -0.1) is 0 Å². The fourth-order valence-electron chi connectivity index (χ4n) is 3.01. The van der Waals surface area contributed by atoms with Crippen molar-refractivity contribution in [2.24, 2.45) is 5.92 Å². The van der Waals surface area contributed by atoms with Gasteiger partial charge >= 0.3 is 0 Å². The van der Waals surface area contributed by atoms with Gasteiger partial charge in [-0.1, -0.05) is 37.3 Å². The molecule has 116 valence electrons. The third kappa shape index (κ3) is 3.18. The van der Waals surface area contributed by atoms with Crippen LogP contribution in [0.25, 0.3) is 11.4 Å². The van der Waals surface area contributed by atoms with E-state index >= 15 is 0 Å². The lowest BCUT2D eigenvalue weighted by Gasteiger charge is -2.31. The molecule has 1 aromatic carbocycles. The molecule has 5 nitrogen and oxygen atoms in total. The number of amides is 1. The van der Waals surface area contributed by atoms with E-state index in [0.717, 1.165) is 30.9 Å². The average Bonchev–Trinajstić information content (AvgIpc) is 2.88. The molecule has 1 saturated heterocycles. The minimum absolute atomic E-state index is 0.133. The van der Waals surface area contributed by atoms with E-state index in [1.807, 2.05) is 42.2 Å². The summed E-state index contributed by atoms with van der Waals surface area (Å²) in [5.74, 6) is 2.17. The molecule has 0 saturated carbocycles. The van der Waals surface area contributed by atoms with Gasteiger partial charge in [0.1, 0.15) is 12.4 Å². The minimum Gasteiger partial charge on any atom is -0.341 e. The largest absolute Gasteiger partial charge is 0.341 e. The van der Waals surface area contributed by atoms with Gasteiger partial charge in [-0.05, 0) is 25.7 Å². The van der Waals surface area contributed by atoms with E-state index in [2.05, 4.69) is 17.0 Å². The normalized spacial score (nSPS) is 18.5. The van der Waals surface area contributed by atoms with Crippen LogP contribution in [0, 0.1) is 12.8 Å². The molecule has 5 heteroatoms. The predicted octanol–water partition coefficient (Wildman–Crippen LogP) is 2.51. The molecule has 1 aliphatic heterocycles. The fraction of sp³-hybridized carbons (Fsp3) is 0.471. The van der Waals surface area contributed by atoms with E-state index in [9.17, 15) is 4.79 Å². The van der Waals surface area contributed by atoms with Crippen molar-refractivity contribution in [3.8, 4) is 11.4 Å². The Hall–Kier alpha value is -2.17. The van der Waals surface area contributed by atoms with Gasteiger partial charge in [0, 0.05) is 18.7 Å². The van der Waals surface area contributed by atoms with Crippen LogP contribution in [0.3, 0.4) is 0 Å². The number of hydrogen-bond donors (Lipinski definition) is 0. The number of hydrogen-bond acceptors (Lipinski definition) is 3. The Bertz CT molecular complexity index is 650. The maximum atomic E-state index is 12.5. The molecule has 0 radical (unpaired) electrons. The molecule has 1 fully saturated rings. The van der Waals surface area contributed by atoms with E-state index in [0.29, 0.717) is 11.7 Å². The Labute approximate surface area is 131 Å². The minimum atomic E-state index is 0.133. The van der Waals surface area contributed by atoms with Crippen LogP contribution in [0.15, 0.2) is 30.3 Å². The Morgan fingerprint density at radius 1 is 1.32 bits per heavy atom. The Morgan fingerprint density at radius 3 is 2.82 bits per heavy atom. The van der Waals surface area contributed by atoms with Crippen molar-refractivity contribution in [2.75, 3.05) is 13.1 Å². The molecule has 2 aromatic rings. The number of carbonyl (C=O) groups is 1. The predicted molar refractivity (Wildman–Crippen MR) is 85.2 cm³/mol. The number of likely N-dealkylation sites (tertiary alicyclic amines) is 1. The van der Waals surface area contributed by atoms with Gasteiger partial charge in [-0.3, -0.25) is 4.79 Å². The first-order chi connectivity index (χ1) is 10.6. The first-order valence-corrected chi connectivity index (χ1v) is 7.88. The van der Waals surface area contributed by atoms with Crippen molar-refractivity contribution in [1.82, 2.24) is 19.7 Å². The summed E-state index contributed by atoms with van der Waals surface area (Å²) in [5.41, 5.74) is 0.989. The topological polar surface area (TPSA) is 51.0 Å². The molecule has 0 spiro atoms. The lowest BCUT2D eigenvalue weighted by molar-refractivity contribution is -0.133. The smallest absolute Gasteiger partial charge is 0.244 e. The van der Waals surface area contributed by atoms with E-state index in [4.69, 9.17) is 0 Å². The van der Waals surface area contributed by atoms with Crippen molar-refractivity contribution in [3.63, 3.8) is 0 Å². The summed E-state index contributed by atoms with van der Waals surface area (Å²) >= 11 is 0. The van der Waals surface area contributed by atoms with Crippen molar-refractivity contribution >= 4 is 5.91 Å². The summed E-state index contributed by atoms with van der Waals surface area (Å²) in [4.78, 5) is 19.0. The molecular weight excluding hydrogens is 276 g/mol. The van der Waals surface area contributed by atoms with Crippen LogP contribution < -0.4 is 0 Å². The zero-order valence-electron chi connectivity index (χ0n) is 13.2. The highest BCUT2D eigenvalue weighted by Gasteiger charge is 2.22. The van der Waals surface area contributed by atoms with Crippen LogP contribution in [0.1, 0.15) is 25.6 Å². The quantitative estimate of drug-likeness (QED) is 0.875. The SMILES string of the molecule is Cc1nc(-c2ccccc2)n(CC(=O)N2CCCC(C)C2)n1. The van der Waals surface area contributed by atoms with Crippen LogP contribution in [0.4, 0.5) is 0 Å². The monoisotopic (exact) mass is 298 g/mol. The highest BCUT2D eigenvalue weighted by atomic mass is 16.2. The maximum absolute atomic E-state index is 12.5. The van der Waals surface area contributed by atoms with Gasteiger partial charge in [-0.2, -0.15) is 5.10 Å². The van der Waals surface area contributed by atoms with Gasteiger partial charge in [0.2, 0.25) is 5.91 Å². The molecule has 1 aliphatic rings. The number of benzene rings is 1. The molecule has 2 heterocycles. The first-order valence-electron chi connectivity index (χ1n) is 7.88. The molecule has 1 atom stereocenters. The first kappa shape index (κ1) is 14.8. The Kier molecular flexibility index (Phi) is 4.22. The Balaban J connectivity index is 1.79. The molecule has 0 N–H and O–H groups in total. The fourth-order valence-corrected chi connectivity index (χ4v) is 3.01. The molecule has 1 unspecified atom stereocenters. The highest BCUT2D eigenvalue weighted by molar-refractivity contribution is 5.76. The van der Waals surface area contributed by atoms with Crippen molar-refractivity contribution in [2.45, 2.75) is 33.2 Å². The second-order valence-corrected chi connectivity index (χ2v) is 6.09. The van der Waals surface area contributed by atoms with Gasteiger partial charge < -0.3 is 4.90 Å². The van der Waals surface area contributed by atoms with Crippen LogP contribution >= 0.6 is 0 Å². The van der Waals surface area contributed by atoms with Crippen molar-refractivity contribution in [1.29, 1.82) is 0 Å². The van der Waals surface area contributed by atoms with Crippen molar-refractivity contribution < 1.29 is 4.79 Å². The molecule has 3 rings (SSSR count). The second-order valence-electron chi connectivity index (χ2n) is 6.09. The molecule has 0 aliphatic carbocycles. The number of aromatic nitrogens is 3. The summed E-state index contributed by atoms with van der Waals surface area (Å²) in [6.07, 6.45) is 2.30. The molecule has 1 amide bonds. The van der Waals surface area contributed by atoms with Gasteiger partial charge in [-0.25, -0.2) is 9.67 Å². The maximum Gasteiger partial charge on any atom is 0.244 e. The van der Waals surface area contributed by atoms with E-state index in [1.165, 1.54) is 6.42 Å². The number of piperidine rings is 1. The summed E-state index contributed by atoms with van der Waals surface area (Å²) in [6.45, 7) is 6.04. The van der Waals surface area contributed by atoms with Crippen LogP contribution in [0.2, 0.25) is 0 Å². The lowest BCUT2D eigenvalue weighted by atomic mass is 10.0. The summed E-state index contributed by atoms with van der Waals surface area (Å²) < 4.78 is 1.73. The number of aryl methyl sites for hydroxylation is 1. The zero-order chi connectivity index (χ0) is 15.5. The summed E-state index contributed by atoms with van der Waals surface area (Å²) in [7, 11) is 0. The summed E-state index contributed by atoms with van der Waals surface area (Å²) in [6, 6.07) is 9.90. The van der Waals surface area contributed by atoms with Crippen LogP contribution in [0.5, 0.6) is 0 Å².